The molecule has 0 amide bonds. The van der Waals surface area contributed by atoms with Crippen molar-refractivity contribution in [2.45, 2.75) is 108 Å². The van der Waals surface area contributed by atoms with E-state index >= 15 is 0 Å². The van der Waals surface area contributed by atoms with E-state index in [9.17, 15) is 26.3 Å². The van der Waals surface area contributed by atoms with Crippen LogP contribution in [0.25, 0.3) is 0 Å². The SMILES string of the molecule is CC1CCC(C2CCC(C(F)(F)OC3CCC(OC(F)(F)F)C(F)C3)CC2)CC1.O.[HH].[HH]. The first-order valence-electron chi connectivity index (χ1n) is 11.0. The van der Waals surface area contributed by atoms with E-state index in [1.807, 2.05) is 0 Å². The minimum absolute atomic E-state index is 0. The molecule has 182 valence electrons. The van der Waals surface area contributed by atoms with Gasteiger partial charge in [0.15, 0.2) is 0 Å². The molecule has 30 heavy (non-hydrogen) atoms. The number of rotatable bonds is 5. The van der Waals surface area contributed by atoms with Crippen LogP contribution in [0.3, 0.4) is 0 Å². The predicted molar refractivity (Wildman–Crippen MR) is 104 cm³/mol. The molecule has 0 aromatic heterocycles. The zero-order valence-corrected chi connectivity index (χ0v) is 17.4. The average molecular weight is 453 g/mol. The third-order valence-electron chi connectivity index (χ3n) is 7.25. The highest BCUT2D eigenvalue weighted by molar-refractivity contribution is 4.86. The van der Waals surface area contributed by atoms with Crippen molar-refractivity contribution in [3.63, 3.8) is 0 Å². The molecule has 0 heterocycles. The fraction of sp³-hybridized carbons (Fsp3) is 1.00. The van der Waals surface area contributed by atoms with Crippen LogP contribution >= 0.6 is 0 Å². The van der Waals surface area contributed by atoms with E-state index in [0.717, 1.165) is 18.8 Å². The van der Waals surface area contributed by atoms with Gasteiger partial charge >= 0.3 is 12.5 Å². The lowest BCUT2D eigenvalue weighted by Gasteiger charge is -2.40. The second-order valence-electron chi connectivity index (χ2n) is 9.36. The Morgan fingerprint density at radius 3 is 1.77 bits per heavy atom. The van der Waals surface area contributed by atoms with Crippen LogP contribution in [-0.4, -0.2) is 36.3 Å². The number of hydrogen-bond donors (Lipinski definition) is 0. The quantitative estimate of drug-likeness (QED) is 0.436. The fourth-order valence-corrected chi connectivity index (χ4v) is 5.47. The molecule has 0 saturated heterocycles. The summed E-state index contributed by atoms with van der Waals surface area (Å²) in [6.07, 6.45) is -6.72. The molecule has 3 aliphatic rings. The summed E-state index contributed by atoms with van der Waals surface area (Å²) in [5.74, 6) is 0.998. The second kappa shape index (κ2) is 10.4. The minimum atomic E-state index is -4.93. The van der Waals surface area contributed by atoms with Gasteiger partial charge in [0.25, 0.3) is 0 Å². The van der Waals surface area contributed by atoms with Crippen LogP contribution in [0.1, 0.15) is 80.4 Å². The molecule has 0 aromatic carbocycles. The largest absolute Gasteiger partial charge is 0.522 e. The molecule has 3 saturated carbocycles. The van der Waals surface area contributed by atoms with Gasteiger partial charge in [0.05, 0.1) is 18.1 Å². The smallest absolute Gasteiger partial charge is 0.412 e. The highest BCUT2D eigenvalue weighted by Gasteiger charge is 2.47. The molecular weight excluding hydrogens is 414 g/mol. The normalized spacial score (nSPS) is 38.7. The minimum Gasteiger partial charge on any atom is -0.412 e. The summed E-state index contributed by atoms with van der Waals surface area (Å²) in [5.41, 5.74) is 0. The highest BCUT2D eigenvalue weighted by atomic mass is 19.4. The molecular formula is C21H38F6O3. The van der Waals surface area contributed by atoms with E-state index in [-0.39, 0.29) is 21.2 Å². The van der Waals surface area contributed by atoms with Gasteiger partial charge in [0, 0.05) is 9.27 Å². The zero-order chi connectivity index (χ0) is 21.2. The molecule has 0 spiro atoms. The van der Waals surface area contributed by atoms with E-state index in [1.165, 1.54) is 25.7 Å². The van der Waals surface area contributed by atoms with Crippen molar-refractivity contribution in [3.8, 4) is 0 Å². The van der Waals surface area contributed by atoms with Crippen molar-refractivity contribution in [1.82, 2.24) is 0 Å². The average Bonchev–Trinajstić information content (AvgIpc) is 2.63. The summed E-state index contributed by atoms with van der Waals surface area (Å²) < 4.78 is 88.8. The van der Waals surface area contributed by atoms with Gasteiger partial charge < -0.3 is 10.2 Å². The molecule has 3 fully saturated rings. The number of halogens is 6. The molecule has 3 atom stereocenters. The third kappa shape index (κ3) is 6.99. The van der Waals surface area contributed by atoms with Crippen LogP contribution in [-0.2, 0) is 9.47 Å². The lowest BCUT2D eigenvalue weighted by atomic mass is 9.69. The first kappa shape index (κ1) is 25.7. The Morgan fingerprint density at radius 1 is 0.733 bits per heavy atom. The molecule has 2 N–H and O–H groups in total. The van der Waals surface area contributed by atoms with Crippen LogP contribution in [0.2, 0.25) is 0 Å². The summed E-state index contributed by atoms with van der Waals surface area (Å²) in [5, 5.41) is 0. The van der Waals surface area contributed by atoms with Crippen LogP contribution in [0.15, 0.2) is 0 Å². The van der Waals surface area contributed by atoms with Crippen LogP contribution in [0.4, 0.5) is 26.3 Å². The molecule has 0 aromatic rings. The number of hydrogen-bond acceptors (Lipinski definition) is 2. The monoisotopic (exact) mass is 452 g/mol. The Kier molecular flexibility index (Phi) is 8.90. The van der Waals surface area contributed by atoms with E-state index in [4.69, 9.17) is 4.74 Å². The van der Waals surface area contributed by atoms with Crippen LogP contribution in [0, 0.1) is 23.7 Å². The first-order chi connectivity index (χ1) is 13.5. The van der Waals surface area contributed by atoms with E-state index in [0.29, 0.717) is 24.7 Å². The van der Waals surface area contributed by atoms with Gasteiger partial charge in [-0.25, -0.2) is 4.39 Å². The topological polar surface area (TPSA) is 50.0 Å². The molecule has 0 bridgehead atoms. The Labute approximate surface area is 177 Å². The maximum Gasteiger partial charge on any atom is 0.522 e. The number of alkyl halides is 6. The summed E-state index contributed by atoms with van der Waals surface area (Å²) in [7, 11) is 0. The second-order valence-corrected chi connectivity index (χ2v) is 9.36. The predicted octanol–water partition coefficient (Wildman–Crippen LogP) is 6.69. The Bertz CT molecular complexity index is 524. The molecule has 3 rings (SSSR count). The molecule has 3 aliphatic carbocycles. The van der Waals surface area contributed by atoms with Crippen LogP contribution < -0.4 is 0 Å². The molecule has 0 aliphatic heterocycles. The Hall–Kier alpha value is -0.540. The van der Waals surface area contributed by atoms with Crippen LogP contribution in [0.5, 0.6) is 0 Å². The summed E-state index contributed by atoms with van der Waals surface area (Å²) in [6, 6.07) is 0. The summed E-state index contributed by atoms with van der Waals surface area (Å²) in [6.45, 7) is 2.26. The third-order valence-corrected chi connectivity index (χ3v) is 7.25. The molecule has 0 radical (unpaired) electrons. The van der Waals surface area contributed by atoms with Crippen molar-refractivity contribution < 1.29 is 44.1 Å². The summed E-state index contributed by atoms with van der Waals surface area (Å²) in [4.78, 5) is 0. The van der Waals surface area contributed by atoms with E-state index in [2.05, 4.69) is 11.7 Å². The highest BCUT2D eigenvalue weighted by Crippen LogP contribution is 2.46. The van der Waals surface area contributed by atoms with E-state index in [1.54, 1.807) is 0 Å². The van der Waals surface area contributed by atoms with Crippen molar-refractivity contribution >= 4 is 0 Å². The van der Waals surface area contributed by atoms with Gasteiger partial charge in [0.2, 0.25) is 0 Å². The van der Waals surface area contributed by atoms with Crippen molar-refractivity contribution in [2.75, 3.05) is 0 Å². The Balaban J connectivity index is 0.00000320. The maximum absolute atomic E-state index is 14.7. The molecule has 9 heteroatoms. The zero-order valence-electron chi connectivity index (χ0n) is 17.4. The van der Waals surface area contributed by atoms with Crippen molar-refractivity contribution in [2.24, 2.45) is 23.7 Å². The van der Waals surface area contributed by atoms with Crippen molar-refractivity contribution in [3.05, 3.63) is 0 Å². The van der Waals surface area contributed by atoms with Gasteiger partial charge in [-0.2, -0.15) is 8.78 Å². The lowest BCUT2D eigenvalue weighted by Crippen LogP contribution is -2.44. The molecule has 3 nitrogen and oxygen atoms in total. The Morgan fingerprint density at radius 2 is 1.27 bits per heavy atom. The van der Waals surface area contributed by atoms with Gasteiger partial charge in [-0.15, -0.1) is 13.2 Å². The number of ether oxygens (including phenoxy) is 2. The van der Waals surface area contributed by atoms with Gasteiger partial charge in [-0.05, 0) is 69.1 Å². The standard InChI is InChI=1S/C21H32F6O2.H2O.2H2/c1-13-2-4-14(5-3-13)15-6-8-16(9-7-15)20(23,24)28-17-10-11-19(18(22)12-17)29-21(25,26)27;;;/h13-19H,2-12H2,1H3;1H2;2*1H. The summed E-state index contributed by atoms with van der Waals surface area (Å²) >= 11 is 0. The fourth-order valence-electron chi connectivity index (χ4n) is 5.47. The molecule has 3 unspecified atom stereocenters. The van der Waals surface area contributed by atoms with Gasteiger partial charge in [0.1, 0.15) is 6.17 Å². The maximum atomic E-state index is 14.7. The lowest BCUT2D eigenvalue weighted by molar-refractivity contribution is -0.357. The van der Waals surface area contributed by atoms with Crippen molar-refractivity contribution in [1.29, 1.82) is 0 Å². The van der Waals surface area contributed by atoms with Gasteiger partial charge in [-0.3, -0.25) is 4.74 Å². The van der Waals surface area contributed by atoms with Gasteiger partial charge in [-0.1, -0.05) is 19.8 Å². The first-order valence-corrected chi connectivity index (χ1v) is 11.0. The van der Waals surface area contributed by atoms with E-state index < -0.39 is 43.2 Å².